The molecule has 0 radical (unpaired) electrons. The van der Waals surface area contributed by atoms with E-state index in [-0.39, 0.29) is 11.9 Å². The van der Waals surface area contributed by atoms with Crippen molar-refractivity contribution >= 4 is 23.2 Å². The molecule has 5 heteroatoms. The zero-order chi connectivity index (χ0) is 14.0. The van der Waals surface area contributed by atoms with Crippen LogP contribution in [0.2, 0.25) is 5.02 Å². The SMILES string of the molecule is COc1cc(Cl)c(C)cc1N[C@H](C)C(=O)NC1CC1. The standard InChI is InChI=1S/C14H19ClN2O2/c1-8-6-12(13(19-3)7-11(8)15)16-9(2)14(18)17-10-4-5-10/h6-7,9-10,16H,4-5H2,1-3H3,(H,17,18)/t9-/m1/s1. The predicted molar refractivity (Wildman–Crippen MR) is 77.0 cm³/mol. The summed E-state index contributed by atoms with van der Waals surface area (Å²) in [4.78, 5) is 11.9. The molecule has 0 saturated heterocycles. The number of hydrogen-bond donors (Lipinski definition) is 2. The summed E-state index contributed by atoms with van der Waals surface area (Å²) in [6.07, 6.45) is 2.17. The maximum absolute atomic E-state index is 11.9. The van der Waals surface area contributed by atoms with Crippen LogP contribution in [0.25, 0.3) is 0 Å². The largest absolute Gasteiger partial charge is 0.495 e. The van der Waals surface area contributed by atoms with Gasteiger partial charge in [0.25, 0.3) is 0 Å². The van der Waals surface area contributed by atoms with Crippen molar-refractivity contribution < 1.29 is 9.53 Å². The lowest BCUT2D eigenvalue weighted by Crippen LogP contribution is -2.38. The summed E-state index contributed by atoms with van der Waals surface area (Å²) in [6, 6.07) is 3.70. The van der Waals surface area contributed by atoms with Gasteiger partial charge >= 0.3 is 0 Å². The van der Waals surface area contributed by atoms with E-state index in [1.54, 1.807) is 13.2 Å². The van der Waals surface area contributed by atoms with Gasteiger partial charge in [-0.05, 0) is 38.3 Å². The number of halogens is 1. The number of nitrogens with one attached hydrogen (secondary N) is 2. The number of carbonyl (C=O) groups excluding carboxylic acids is 1. The number of rotatable bonds is 5. The second kappa shape index (κ2) is 5.70. The molecule has 1 fully saturated rings. The van der Waals surface area contributed by atoms with Crippen LogP contribution in [0, 0.1) is 6.92 Å². The number of amides is 1. The summed E-state index contributed by atoms with van der Waals surface area (Å²) < 4.78 is 5.28. The Balaban J connectivity index is 2.08. The van der Waals surface area contributed by atoms with E-state index in [2.05, 4.69) is 10.6 Å². The van der Waals surface area contributed by atoms with Crippen molar-refractivity contribution in [1.82, 2.24) is 5.32 Å². The maximum Gasteiger partial charge on any atom is 0.242 e. The van der Waals surface area contributed by atoms with Crippen LogP contribution in [-0.2, 0) is 4.79 Å². The molecule has 0 spiro atoms. The molecule has 1 saturated carbocycles. The Labute approximate surface area is 118 Å². The summed E-state index contributed by atoms with van der Waals surface area (Å²) in [5.74, 6) is 0.652. The van der Waals surface area contributed by atoms with E-state index in [1.165, 1.54) is 0 Å². The molecular weight excluding hydrogens is 264 g/mol. The monoisotopic (exact) mass is 282 g/mol. The van der Waals surface area contributed by atoms with Crippen molar-refractivity contribution in [3.05, 3.63) is 22.7 Å². The van der Waals surface area contributed by atoms with Crippen molar-refractivity contribution in [2.75, 3.05) is 12.4 Å². The van der Waals surface area contributed by atoms with E-state index >= 15 is 0 Å². The van der Waals surface area contributed by atoms with Crippen molar-refractivity contribution in [1.29, 1.82) is 0 Å². The van der Waals surface area contributed by atoms with Crippen LogP contribution < -0.4 is 15.4 Å². The van der Waals surface area contributed by atoms with Crippen LogP contribution in [0.3, 0.4) is 0 Å². The molecule has 4 nitrogen and oxygen atoms in total. The Hall–Kier alpha value is -1.42. The zero-order valence-electron chi connectivity index (χ0n) is 11.4. The Kier molecular flexibility index (Phi) is 4.20. The average molecular weight is 283 g/mol. The molecule has 0 aliphatic heterocycles. The molecule has 1 amide bonds. The van der Waals surface area contributed by atoms with Crippen molar-refractivity contribution in [3.63, 3.8) is 0 Å². The number of carbonyl (C=O) groups is 1. The highest BCUT2D eigenvalue weighted by atomic mass is 35.5. The second-order valence-corrected chi connectivity index (χ2v) is 5.36. The van der Waals surface area contributed by atoms with Gasteiger partial charge in [-0.25, -0.2) is 0 Å². The van der Waals surface area contributed by atoms with E-state index in [4.69, 9.17) is 16.3 Å². The van der Waals surface area contributed by atoms with Gasteiger partial charge in [-0.2, -0.15) is 0 Å². The van der Waals surface area contributed by atoms with Crippen molar-refractivity contribution in [3.8, 4) is 5.75 Å². The smallest absolute Gasteiger partial charge is 0.242 e. The lowest BCUT2D eigenvalue weighted by atomic mass is 10.2. The number of anilines is 1. The fraction of sp³-hybridized carbons (Fsp3) is 0.500. The summed E-state index contributed by atoms with van der Waals surface area (Å²) in [7, 11) is 1.58. The van der Waals surface area contributed by atoms with E-state index < -0.39 is 0 Å². The van der Waals surface area contributed by atoms with Gasteiger partial charge in [-0.15, -0.1) is 0 Å². The first-order valence-corrected chi connectivity index (χ1v) is 6.80. The molecule has 19 heavy (non-hydrogen) atoms. The molecule has 1 aliphatic rings. The first-order chi connectivity index (χ1) is 9.01. The zero-order valence-corrected chi connectivity index (χ0v) is 12.2. The van der Waals surface area contributed by atoms with Gasteiger partial charge < -0.3 is 15.4 Å². The lowest BCUT2D eigenvalue weighted by molar-refractivity contribution is -0.121. The van der Waals surface area contributed by atoms with Gasteiger partial charge in [-0.3, -0.25) is 4.79 Å². The molecule has 1 aromatic carbocycles. The second-order valence-electron chi connectivity index (χ2n) is 4.95. The van der Waals surface area contributed by atoms with Crippen molar-refractivity contribution in [2.24, 2.45) is 0 Å². The van der Waals surface area contributed by atoms with Crippen LogP contribution >= 0.6 is 11.6 Å². The Morgan fingerprint density at radius 3 is 2.74 bits per heavy atom. The normalized spacial score (nSPS) is 15.8. The Morgan fingerprint density at radius 2 is 2.16 bits per heavy atom. The highest BCUT2D eigenvalue weighted by molar-refractivity contribution is 6.31. The van der Waals surface area contributed by atoms with Crippen LogP contribution in [-0.4, -0.2) is 25.1 Å². The molecule has 0 heterocycles. The topological polar surface area (TPSA) is 50.4 Å². The van der Waals surface area contributed by atoms with E-state index in [0.29, 0.717) is 16.8 Å². The maximum atomic E-state index is 11.9. The highest BCUT2D eigenvalue weighted by Crippen LogP contribution is 2.31. The number of methoxy groups -OCH3 is 1. The van der Waals surface area contributed by atoms with Gasteiger partial charge in [0.05, 0.1) is 12.8 Å². The fourth-order valence-corrected chi connectivity index (χ4v) is 1.95. The van der Waals surface area contributed by atoms with Gasteiger partial charge in [-0.1, -0.05) is 11.6 Å². The number of hydrogen-bond acceptors (Lipinski definition) is 3. The molecule has 0 unspecified atom stereocenters. The molecule has 1 aromatic rings. The van der Waals surface area contributed by atoms with E-state index in [1.807, 2.05) is 19.9 Å². The molecular formula is C14H19ClN2O2. The molecule has 0 bridgehead atoms. The van der Waals surface area contributed by atoms with Crippen LogP contribution in [0.5, 0.6) is 5.75 Å². The number of ether oxygens (including phenoxy) is 1. The van der Waals surface area contributed by atoms with Crippen molar-refractivity contribution in [2.45, 2.75) is 38.8 Å². The third-order valence-electron chi connectivity index (χ3n) is 3.17. The van der Waals surface area contributed by atoms with Crippen LogP contribution in [0.15, 0.2) is 12.1 Å². The predicted octanol–water partition coefficient (Wildman–Crippen LogP) is 2.74. The van der Waals surface area contributed by atoms with Crippen LogP contribution in [0.4, 0.5) is 5.69 Å². The average Bonchev–Trinajstić information content (AvgIpc) is 3.17. The fourth-order valence-electron chi connectivity index (χ4n) is 1.80. The number of aryl methyl sites for hydroxylation is 1. The minimum absolute atomic E-state index is 0.0113. The van der Waals surface area contributed by atoms with Gasteiger partial charge in [0.15, 0.2) is 0 Å². The molecule has 1 aliphatic carbocycles. The first kappa shape index (κ1) is 14.0. The number of benzene rings is 1. The molecule has 0 aromatic heterocycles. The summed E-state index contributed by atoms with van der Waals surface area (Å²) >= 11 is 6.05. The van der Waals surface area contributed by atoms with Crippen LogP contribution in [0.1, 0.15) is 25.3 Å². The Bertz CT molecular complexity index is 487. The quantitative estimate of drug-likeness (QED) is 0.873. The molecule has 2 rings (SSSR count). The third kappa shape index (κ3) is 3.53. The van der Waals surface area contributed by atoms with Gasteiger partial charge in [0, 0.05) is 17.1 Å². The molecule has 2 N–H and O–H groups in total. The summed E-state index contributed by atoms with van der Waals surface area (Å²) in [6.45, 7) is 3.75. The van der Waals surface area contributed by atoms with E-state index in [9.17, 15) is 4.79 Å². The summed E-state index contributed by atoms with van der Waals surface area (Å²) in [5.41, 5.74) is 1.72. The van der Waals surface area contributed by atoms with Gasteiger partial charge in [0.2, 0.25) is 5.91 Å². The minimum atomic E-state index is -0.310. The lowest BCUT2D eigenvalue weighted by Gasteiger charge is -2.18. The first-order valence-electron chi connectivity index (χ1n) is 6.42. The van der Waals surface area contributed by atoms with E-state index in [0.717, 1.165) is 24.1 Å². The highest BCUT2D eigenvalue weighted by Gasteiger charge is 2.25. The Morgan fingerprint density at radius 1 is 1.47 bits per heavy atom. The molecule has 1 atom stereocenters. The third-order valence-corrected chi connectivity index (χ3v) is 3.58. The minimum Gasteiger partial charge on any atom is -0.495 e. The summed E-state index contributed by atoms with van der Waals surface area (Å²) in [5, 5.41) is 6.79. The molecule has 104 valence electrons. The van der Waals surface area contributed by atoms with Gasteiger partial charge in [0.1, 0.15) is 11.8 Å².